The quantitative estimate of drug-likeness (QED) is 0.435. The number of fused-ring (bicyclic) bond motifs is 4. The van der Waals surface area contributed by atoms with Crippen molar-refractivity contribution >= 4 is 12.0 Å². The third-order valence-electron chi connectivity index (χ3n) is 6.62. The van der Waals surface area contributed by atoms with Gasteiger partial charge in [0.15, 0.2) is 0 Å². The van der Waals surface area contributed by atoms with Gasteiger partial charge in [0.05, 0.1) is 6.10 Å². The molecule has 0 radical (unpaired) electrons. The molecule has 4 N–H and O–H groups in total. The Morgan fingerprint density at radius 3 is 2.32 bits per heavy atom. The van der Waals surface area contributed by atoms with Crippen LogP contribution >= 0.6 is 0 Å². The molecule has 0 fully saturated rings. The van der Waals surface area contributed by atoms with E-state index in [1.54, 1.807) is 18.2 Å². The molecule has 34 heavy (non-hydrogen) atoms. The lowest BCUT2D eigenvalue weighted by Gasteiger charge is -2.20. The average Bonchev–Trinajstić information content (AvgIpc) is 3.40. The Hall–Kier alpha value is -3.68. The van der Waals surface area contributed by atoms with Crippen LogP contribution in [0.2, 0.25) is 0 Å². The van der Waals surface area contributed by atoms with Crippen molar-refractivity contribution in [3.8, 4) is 11.1 Å². The standard InChI is InChI=1S/C27H26N2O5/c30-24(25(31)20-10-5-11-21-22(20)14-29-26(21)32)12-13-28-27(33)34-15-23-18-8-3-1-6-16(18)17-7-2-4-9-19(17)23/h1-11,23-25,30-31H,12-15H2,(H,28,33)(H,29,32). The molecule has 0 spiro atoms. The maximum absolute atomic E-state index is 12.3. The number of alkyl carbamates (subject to hydrolysis) is 1. The zero-order valence-corrected chi connectivity index (χ0v) is 18.5. The van der Waals surface area contributed by atoms with Crippen LogP contribution in [0.4, 0.5) is 4.79 Å². The number of carbonyl (C=O) groups excluding carboxylic acids is 2. The normalized spacial score (nSPS) is 15.6. The van der Waals surface area contributed by atoms with Gasteiger partial charge in [-0.2, -0.15) is 0 Å². The first kappa shape index (κ1) is 22.1. The van der Waals surface area contributed by atoms with Crippen molar-refractivity contribution in [2.24, 2.45) is 0 Å². The van der Waals surface area contributed by atoms with Gasteiger partial charge in [0.1, 0.15) is 12.7 Å². The number of benzene rings is 3. The third kappa shape index (κ3) is 4.04. The lowest BCUT2D eigenvalue weighted by atomic mass is 9.95. The summed E-state index contributed by atoms with van der Waals surface area (Å²) < 4.78 is 5.50. The molecule has 0 aromatic heterocycles. The highest BCUT2D eigenvalue weighted by Gasteiger charge is 2.30. The zero-order valence-electron chi connectivity index (χ0n) is 18.5. The van der Waals surface area contributed by atoms with Crippen LogP contribution in [-0.2, 0) is 11.3 Å². The highest BCUT2D eigenvalue weighted by molar-refractivity contribution is 5.98. The van der Waals surface area contributed by atoms with Gasteiger partial charge in [0.25, 0.3) is 5.91 Å². The Bertz CT molecular complexity index is 1200. The summed E-state index contributed by atoms with van der Waals surface area (Å²) in [6.45, 7) is 0.676. The van der Waals surface area contributed by atoms with Crippen LogP contribution in [0.5, 0.6) is 0 Å². The van der Waals surface area contributed by atoms with E-state index < -0.39 is 18.3 Å². The van der Waals surface area contributed by atoms with Gasteiger partial charge < -0.3 is 25.6 Å². The summed E-state index contributed by atoms with van der Waals surface area (Å²) in [5.74, 6) is -0.211. The summed E-state index contributed by atoms with van der Waals surface area (Å²) in [6.07, 6.45) is -2.70. The van der Waals surface area contributed by atoms with Gasteiger partial charge in [-0.25, -0.2) is 4.79 Å². The number of rotatable bonds is 7. The summed E-state index contributed by atoms with van der Waals surface area (Å²) >= 11 is 0. The SMILES string of the molecule is O=C(NCCC(O)C(O)c1cccc2c1CNC2=O)OCC1c2ccccc2-c2ccccc21. The van der Waals surface area contributed by atoms with E-state index in [-0.39, 0.29) is 31.4 Å². The molecule has 7 heteroatoms. The summed E-state index contributed by atoms with van der Waals surface area (Å²) in [5.41, 5.74) is 6.33. The average molecular weight is 459 g/mol. The van der Waals surface area contributed by atoms with Crippen LogP contribution in [0.25, 0.3) is 11.1 Å². The first-order chi connectivity index (χ1) is 16.5. The number of carbonyl (C=O) groups is 2. The molecule has 2 atom stereocenters. The molecule has 5 rings (SSSR count). The summed E-state index contributed by atoms with van der Waals surface area (Å²) in [7, 11) is 0. The second kappa shape index (κ2) is 9.29. The molecule has 1 heterocycles. The van der Waals surface area contributed by atoms with E-state index in [1.807, 2.05) is 24.3 Å². The Morgan fingerprint density at radius 2 is 1.62 bits per heavy atom. The molecule has 2 aliphatic rings. The van der Waals surface area contributed by atoms with E-state index in [1.165, 1.54) is 0 Å². The molecule has 3 aromatic carbocycles. The Kier molecular flexibility index (Phi) is 6.04. The molecule has 0 bridgehead atoms. The number of hydrogen-bond acceptors (Lipinski definition) is 5. The van der Waals surface area contributed by atoms with E-state index in [0.717, 1.165) is 22.3 Å². The lowest BCUT2D eigenvalue weighted by Crippen LogP contribution is -2.31. The van der Waals surface area contributed by atoms with E-state index in [2.05, 4.69) is 34.9 Å². The Balaban J connectivity index is 1.14. The van der Waals surface area contributed by atoms with E-state index in [9.17, 15) is 19.8 Å². The molecule has 0 saturated heterocycles. The fourth-order valence-electron chi connectivity index (χ4n) is 4.89. The van der Waals surface area contributed by atoms with Crippen molar-refractivity contribution < 1.29 is 24.5 Å². The Morgan fingerprint density at radius 1 is 0.971 bits per heavy atom. The minimum atomic E-state index is -1.16. The molecule has 1 aliphatic heterocycles. The van der Waals surface area contributed by atoms with Crippen LogP contribution in [0.15, 0.2) is 66.7 Å². The molecular formula is C27H26N2O5. The number of nitrogens with one attached hydrogen (secondary N) is 2. The second-order valence-electron chi connectivity index (χ2n) is 8.61. The first-order valence-corrected chi connectivity index (χ1v) is 11.4. The number of aliphatic hydroxyl groups is 2. The molecule has 0 saturated carbocycles. The van der Waals surface area contributed by atoms with Crippen LogP contribution in [0, 0.1) is 0 Å². The van der Waals surface area contributed by atoms with Crippen molar-refractivity contribution in [1.82, 2.24) is 10.6 Å². The van der Waals surface area contributed by atoms with Gasteiger partial charge in [-0.05, 0) is 45.9 Å². The van der Waals surface area contributed by atoms with Crippen LogP contribution in [0.3, 0.4) is 0 Å². The largest absolute Gasteiger partial charge is 0.449 e. The molecule has 7 nitrogen and oxygen atoms in total. The highest BCUT2D eigenvalue weighted by Crippen LogP contribution is 2.44. The van der Waals surface area contributed by atoms with Crippen molar-refractivity contribution in [3.63, 3.8) is 0 Å². The molecule has 174 valence electrons. The number of aliphatic hydroxyl groups excluding tert-OH is 2. The van der Waals surface area contributed by atoms with Crippen LogP contribution in [0.1, 0.15) is 51.1 Å². The van der Waals surface area contributed by atoms with Gasteiger partial charge in [-0.1, -0.05) is 60.7 Å². The molecule has 2 amide bonds. The van der Waals surface area contributed by atoms with Gasteiger partial charge in [0.2, 0.25) is 0 Å². The predicted octanol–water partition coefficient (Wildman–Crippen LogP) is 3.25. The smallest absolute Gasteiger partial charge is 0.407 e. The lowest BCUT2D eigenvalue weighted by molar-refractivity contribution is 0.0132. The molecule has 3 aromatic rings. The predicted molar refractivity (Wildman–Crippen MR) is 126 cm³/mol. The van der Waals surface area contributed by atoms with Crippen molar-refractivity contribution in [2.75, 3.05) is 13.2 Å². The summed E-state index contributed by atoms with van der Waals surface area (Å²) in [6, 6.07) is 21.3. The molecule has 1 aliphatic carbocycles. The van der Waals surface area contributed by atoms with E-state index in [0.29, 0.717) is 23.2 Å². The molecular weight excluding hydrogens is 432 g/mol. The minimum absolute atomic E-state index is 0.0259. The summed E-state index contributed by atoms with van der Waals surface area (Å²) in [5, 5.41) is 26.4. The summed E-state index contributed by atoms with van der Waals surface area (Å²) in [4.78, 5) is 24.1. The Labute approximate surface area is 197 Å². The number of hydrogen-bond donors (Lipinski definition) is 4. The highest BCUT2D eigenvalue weighted by atomic mass is 16.5. The fourth-order valence-corrected chi connectivity index (χ4v) is 4.89. The number of amides is 2. The van der Waals surface area contributed by atoms with E-state index in [4.69, 9.17) is 4.74 Å². The van der Waals surface area contributed by atoms with E-state index >= 15 is 0 Å². The van der Waals surface area contributed by atoms with Crippen molar-refractivity contribution in [3.05, 3.63) is 94.5 Å². The zero-order chi connectivity index (χ0) is 23.7. The number of ether oxygens (including phenoxy) is 1. The maximum atomic E-state index is 12.3. The monoisotopic (exact) mass is 458 g/mol. The van der Waals surface area contributed by atoms with Gasteiger partial charge in [0, 0.05) is 24.6 Å². The molecule has 2 unspecified atom stereocenters. The maximum Gasteiger partial charge on any atom is 0.407 e. The van der Waals surface area contributed by atoms with Gasteiger partial charge in [-0.15, -0.1) is 0 Å². The van der Waals surface area contributed by atoms with Crippen LogP contribution < -0.4 is 10.6 Å². The third-order valence-corrected chi connectivity index (χ3v) is 6.62. The fraction of sp³-hybridized carbons (Fsp3) is 0.259. The van der Waals surface area contributed by atoms with Crippen molar-refractivity contribution in [2.45, 2.75) is 31.1 Å². The van der Waals surface area contributed by atoms with Crippen molar-refractivity contribution in [1.29, 1.82) is 0 Å². The second-order valence-corrected chi connectivity index (χ2v) is 8.61. The van der Waals surface area contributed by atoms with Gasteiger partial charge in [-0.3, -0.25) is 4.79 Å². The minimum Gasteiger partial charge on any atom is -0.449 e. The first-order valence-electron chi connectivity index (χ1n) is 11.4. The van der Waals surface area contributed by atoms with Gasteiger partial charge >= 0.3 is 6.09 Å². The van der Waals surface area contributed by atoms with Crippen LogP contribution in [-0.4, -0.2) is 41.5 Å². The topological polar surface area (TPSA) is 108 Å².